The Morgan fingerprint density at radius 2 is 2.05 bits per heavy atom. The van der Waals surface area contributed by atoms with Crippen LogP contribution in [0.3, 0.4) is 0 Å². The number of hydrogen-bond donors (Lipinski definition) is 1. The summed E-state index contributed by atoms with van der Waals surface area (Å²) in [4.78, 5) is 14.8. The fraction of sp³-hybridized carbons (Fsp3) is 0.438. The summed E-state index contributed by atoms with van der Waals surface area (Å²) in [5.74, 6) is 1.32. The van der Waals surface area contributed by atoms with Gasteiger partial charge in [-0.2, -0.15) is 0 Å². The summed E-state index contributed by atoms with van der Waals surface area (Å²) >= 11 is 0. The second-order valence-electron chi connectivity index (χ2n) is 5.98. The average Bonchev–Trinajstić information content (AvgIpc) is 2.79. The van der Waals surface area contributed by atoms with Gasteiger partial charge in [-0.25, -0.2) is 0 Å². The molecule has 110 valence electrons. The normalized spacial score (nSPS) is 25.1. The third-order valence-electron chi connectivity index (χ3n) is 4.80. The van der Waals surface area contributed by atoms with E-state index in [0.29, 0.717) is 23.3 Å². The van der Waals surface area contributed by atoms with Crippen LogP contribution < -0.4 is 5.32 Å². The van der Waals surface area contributed by atoms with E-state index in [9.17, 15) is 10.1 Å². The van der Waals surface area contributed by atoms with E-state index < -0.39 is 0 Å². The maximum atomic E-state index is 11.1. The lowest BCUT2D eigenvalue weighted by Crippen LogP contribution is -2.24. The molecule has 0 saturated heterocycles. The number of non-ortho nitro benzene ring substituents is 1. The largest absolute Gasteiger partial charge is 0.382 e. The Kier molecular flexibility index (Phi) is 3.49. The van der Waals surface area contributed by atoms with E-state index in [2.05, 4.69) is 24.1 Å². The number of pyridine rings is 1. The molecule has 1 aromatic heterocycles. The van der Waals surface area contributed by atoms with E-state index in [0.717, 1.165) is 17.5 Å². The van der Waals surface area contributed by atoms with Gasteiger partial charge in [-0.15, -0.1) is 0 Å². The van der Waals surface area contributed by atoms with Gasteiger partial charge in [0.25, 0.3) is 5.69 Å². The third-order valence-corrected chi connectivity index (χ3v) is 4.80. The zero-order chi connectivity index (χ0) is 15.0. The monoisotopic (exact) mass is 285 g/mol. The highest BCUT2D eigenvalue weighted by atomic mass is 16.6. The lowest BCUT2D eigenvalue weighted by molar-refractivity contribution is -0.383. The molecule has 5 nitrogen and oxygen atoms in total. The number of nitro benzene ring substituents is 1. The molecule has 21 heavy (non-hydrogen) atoms. The van der Waals surface area contributed by atoms with Crippen molar-refractivity contribution in [2.45, 2.75) is 32.7 Å². The van der Waals surface area contributed by atoms with E-state index in [-0.39, 0.29) is 10.6 Å². The molecule has 3 unspecified atom stereocenters. The minimum atomic E-state index is -0.353. The maximum Gasteiger partial charge on any atom is 0.278 e. The summed E-state index contributed by atoms with van der Waals surface area (Å²) in [5.41, 5.74) is 1.07. The van der Waals surface area contributed by atoms with Crippen LogP contribution in [0.2, 0.25) is 0 Å². The Morgan fingerprint density at radius 3 is 2.71 bits per heavy atom. The lowest BCUT2D eigenvalue weighted by atomic mass is 9.97. The van der Waals surface area contributed by atoms with Gasteiger partial charge < -0.3 is 5.32 Å². The Hall–Kier alpha value is -2.17. The summed E-state index contributed by atoms with van der Waals surface area (Å²) in [7, 11) is 0. The van der Waals surface area contributed by atoms with Crippen molar-refractivity contribution < 1.29 is 4.92 Å². The van der Waals surface area contributed by atoms with Gasteiger partial charge in [0.05, 0.1) is 10.3 Å². The number of rotatable bonds is 3. The van der Waals surface area contributed by atoms with Gasteiger partial charge in [0.15, 0.2) is 0 Å². The quantitative estimate of drug-likeness (QED) is 0.684. The molecule has 1 saturated carbocycles. The van der Waals surface area contributed by atoms with Gasteiger partial charge in [-0.1, -0.05) is 13.8 Å². The highest BCUT2D eigenvalue weighted by Gasteiger charge is 2.30. The number of nitro groups is 1. The van der Waals surface area contributed by atoms with Crippen molar-refractivity contribution in [3.05, 3.63) is 40.7 Å². The van der Waals surface area contributed by atoms with Crippen LogP contribution in [0.4, 0.5) is 11.4 Å². The Balaban J connectivity index is 2.00. The molecule has 0 aliphatic heterocycles. The van der Waals surface area contributed by atoms with Crippen LogP contribution in [-0.2, 0) is 0 Å². The van der Waals surface area contributed by atoms with Crippen molar-refractivity contribution in [1.82, 2.24) is 4.98 Å². The van der Waals surface area contributed by atoms with Crippen molar-refractivity contribution in [2.24, 2.45) is 11.8 Å². The van der Waals surface area contributed by atoms with Crippen molar-refractivity contribution in [1.29, 1.82) is 0 Å². The second kappa shape index (κ2) is 5.31. The molecule has 1 fully saturated rings. The van der Waals surface area contributed by atoms with Gasteiger partial charge >= 0.3 is 0 Å². The van der Waals surface area contributed by atoms with Crippen LogP contribution in [0.15, 0.2) is 30.6 Å². The van der Waals surface area contributed by atoms with Crippen molar-refractivity contribution >= 4 is 22.1 Å². The molecule has 1 N–H and O–H groups in total. The number of benzene rings is 1. The smallest absolute Gasteiger partial charge is 0.278 e. The Labute approximate surface area is 123 Å². The summed E-state index contributed by atoms with van der Waals surface area (Å²) in [5, 5.41) is 16.2. The second-order valence-corrected chi connectivity index (χ2v) is 5.98. The SMILES string of the molecule is CC1CCC(Nc2ccc([N+](=O)[O-])c3cnccc23)C1C. The molecule has 1 aliphatic carbocycles. The van der Waals surface area contributed by atoms with Crippen LogP contribution in [0.1, 0.15) is 26.7 Å². The van der Waals surface area contributed by atoms with Crippen LogP contribution in [-0.4, -0.2) is 15.9 Å². The first-order chi connectivity index (χ1) is 10.1. The number of nitrogens with zero attached hydrogens (tertiary/aromatic N) is 2. The van der Waals surface area contributed by atoms with Crippen molar-refractivity contribution in [3.8, 4) is 0 Å². The van der Waals surface area contributed by atoms with Crippen LogP contribution >= 0.6 is 0 Å². The molecule has 0 radical (unpaired) electrons. The first-order valence-electron chi connectivity index (χ1n) is 7.35. The van der Waals surface area contributed by atoms with Crippen LogP contribution in [0.25, 0.3) is 10.8 Å². The van der Waals surface area contributed by atoms with Gasteiger partial charge in [-0.05, 0) is 36.8 Å². The predicted molar refractivity (Wildman–Crippen MR) is 83.4 cm³/mol. The number of aromatic nitrogens is 1. The molecule has 3 rings (SSSR count). The van der Waals surface area contributed by atoms with Gasteiger partial charge in [0.1, 0.15) is 0 Å². The molecular weight excluding hydrogens is 266 g/mol. The zero-order valence-electron chi connectivity index (χ0n) is 12.2. The minimum Gasteiger partial charge on any atom is -0.382 e. The molecular formula is C16H19N3O2. The Bertz CT molecular complexity index is 686. The van der Waals surface area contributed by atoms with E-state index >= 15 is 0 Å². The van der Waals surface area contributed by atoms with E-state index in [4.69, 9.17) is 0 Å². The molecule has 1 aliphatic rings. The number of nitrogens with one attached hydrogen (secondary N) is 1. The fourth-order valence-corrected chi connectivity index (χ4v) is 3.23. The summed E-state index contributed by atoms with van der Waals surface area (Å²) in [6.45, 7) is 4.55. The zero-order valence-corrected chi connectivity index (χ0v) is 12.2. The molecule has 3 atom stereocenters. The van der Waals surface area contributed by atoms with Crippen molar-refractivity contribution in [2.75, 3.05) is 5.32 Å². The van der Waals surface area contributed by atoms with E-state index in [1.54, 1.807) is 18.5 Å². The standard InChI is InChI=1S/C16H19N3O2/c1-10-3-4-14(11(10)2)18-15-5-6-16(19(20)21)13-9-17-8-7-12(13)15/h5-11,14,18H,3-4H2,1-2H3. The summed E-state index contributed by atoms with van der Waals surface area (Å²) in [6, 6.07) is 5.65. The third kappa shape index (κ3) is 2.44. The topological polar surface area (TPSA) is 68.1 Å². The first-order valence-corrected chi connectivity index (χ1v) is 7.35. The molecule has 1 heterocycles. The summed E-state index contributed by atoms with van der Waals surface area (Å²) in [6.07, 6.45) is 5.62. The molecule has 2 aromatic rings. The molecule has 0 amide bonds. The Morgan fingerprint density at radius 1 is 1.24 bits per heavy atom. The highest BCUT2D eigenvalue weighted by molar-refractivity contribution is 5.99. The van der Waals surface area contributed by atoms with Crippen LogP contribution in [0, 0.1) is 22.0 Å². The molecule has 5 heteroatoms. The van der Waals surface area contributed by atoms with Crippen LogP contribution in [0.5, 0.6) is 0 Å². The fourth-order valence-electron chi connectivity index (χ4n) is 3.23. The maximum absolute atomic E-state index is 11.1. The number of hydrogen-bond acceptors (Lipinski definition) is 4. The molecule has 0 bridgehead atoms. The minimum absolute atomic E-state index is 0.108. The van der Waals surface area contributed by atoms with Gasteiger partial charge in [-0.3, -0.25) is 15.1 Å². The number of fused-ring (bicyclic) bond motifs is 1. The summed E-state index contributed by atoms with van der Waals surface area (Å²) < 4.78 is 0. The lowest BCUT2D eigenvalue weighted by Gasteiger charge is -2.21. The van der Waals surface area contributed by atoms with Crippen molar-refractivity contribution in [3.63, 3.8) is 0 Å². The first kappa shape index (κ1) is 13.8. The van der Waals surface area contributed by atoms with E-state index in [1.165, 1.54) is 6.42 Å². The van der Waals surface area contributed by atoms with E-state index in [1.807, 2.05) is 12.1 Å². The molecule has 1 aromatic carbocycles. The average molecular weight is 285 g/mol. The van der Waals surface area contributed by atoms with Gasteiger partial charge in [0.2, 0.25) is 0 Å². The predicted octanol–water partition coefficient (Wildman–Crippen LogP) is 3.99. The van der Waals surface area contributed by atoms with Gasteiger partial charge in [0, 0.05) is 35.6 Å². The number of anilines is 1. The molecule has 0 spiro atoms. The highest BCUT2D eigenvalue weighted by Crippen LogP contribution is 2.36.